The Balaban J connectivity index is 1.58. The molecule has 1 amide bonds. The fraction of sp³-hybridized carbons (Fsp3) is 0.545. The molecule has 9 heteroatoms. The fourth-order valence-electron chi connectivity index (χ4n) is 3.79. The van der Waals surface area contributed by atoms with Crippen LogP contribution in [0.4, 0.5) is 16.2 Å². The lowest BCUT2D eigenvalue weighted by molar-refractivity contribution is 0.0786. The van der Waals surface area contributed by atoms with E-state index in [-0.39, 0.29) is 6.04 Å². The van der Waals surface area contributed by atoms with Gasteiger partial charge in [0, 0.05) is 52.6 Å². The Morgan fingerprint density at radius 2 is 2.00 bits per heavy atom. The molecule has 2 aromatic rings. The van der Waals surface area contributed by atoms with E-state index in [1.165, 1.54) is 4.90 Å². The number of nitrogens with zero attached hydrogens (tertiary/aromatic N) is 4. The quantitative estimate of drug-likeness (QED) is 0.362. The summed E-state index contributed by atoms with van der Waals surface area (Å²) in [6, 6.07) is 7.30. The van der Waals surface area contributed by atoms with Crippen LogP contribution in [-0.4, -0.2) is 66.7 Å². The number of benzene rings is 1. The number of aromatic nitrogens is 2. The third-order valence-electron chi connectivity index (χ3n) is 5.87. The van der Waals surface area contributed by atoms with Gasteiger partial charge in [0.25, 0.3) is 0 Å². The first kappa shape index (κ1) is 23.1. The van der Waals surface area contributed by atoms with Crippen LogP contribution in [0, 0.1) is 0 Å². The molecule has 1 fully saturated rings. The van der Waals surface area contributed by atoms with Crippen molar-refractivity contribution in [1.29, 1.82) is 0 Å². The highest BCUT2D eigenvalue weighted by atomic mass is 28.3. The van der Waals surface area contributed by atoms with Crippen LogP contribution in [0.3, 0.4) is 0 Å². The fourth-order valence-corrected chi connectivity index (χ4v) is 4.55. The minimum absolute atomic E-state index is 0.0630. The van der Waals surface area contributed by atoms with E-state index in [4.69, 9.17) is 10.5 Å². The second kappa shape index (κ2) is 9.74. The van der Waals surface area contributed by atoms with Gasteiger partial charge in [-0.25, -0.2) is 9.48 Å². The number of rotatable bonds is 8. The van der Waals surface area contributed by atoms with Crippen molar-refractivity contribution in [3.05, 3.63) is 30.6 Å². The van der Waals surface area contributed by atoms with Crippen molar-refractivity contribution in [3.63, 3.8) is 0 Å². The molecule has 0 unspecified atom stereocenters. The number of hydrogen-bond acceptors (Lipinski definition) is 5. The Labute approximate surface area is 185 Å². The summed E-state index contributed by atoms with van der Waals surface area (Å²) in [7, 11) is 0.558. The van der Waals surface area contributed by atoms with E-state index in [2.05, 4.69) is 35.7 Å². The smallest absolute Gasteiger partial charge is 0.407 e. The molecule has 1 aromatic carbocycles. The second-order valence-electron chi connectivity index (χ2n) is 9.50. The lowest BCUT2D eigenvalue weighted by Gasteiger charge is -2.37. The van der Waals surface area contributed by atoms with Crippen LogP contribution in [-0.2, 0) is 11.5 Å². The van der Waals surface area contributed by atoms with Crippen LogP contribution in [0.15, 0.2) is 30.6 Å². The number of anilines is 2. The van der Waals surface area contributed by atoms with Gasteiger partial charge < -0.3 is 25.4 Å². The number of nitrogens with two attached hydrogens (primary N) is 1. The summed E-state index contributed by atoms with van der Waals surface area (Å²) in [4.78, 5) is 14.8. The molecule has 3 rings (SSSR count). The van der Waals surface area contributed by atoms with Gasteiger partial charge in [0.05, 0.1) is 17.6 Å². The van der Waals surface area contributed by atoms with Crippen molar-refractivity contribution in [3.8, 4) is 11.1 Å². The van der Waals surface area contributed by atoms with E-state index in [1.807, 2.05) is 29.2 Å². The molecule has 0 radical (unpaired) electrons. The first-order chi connectivity index (χ1) is 14.6. The van der Waals surface area contributed by atoms with E-state index in [0.717, 1.165) is 61.1 Å². The molecule has 0 bridgehead atoms. The van der Waals surface area contributed by atoms with Crippen molar-refractivity contribution >= 4 is 25.5 Å². The highest BCUT2D eigenvalue weighted by Gasteiger charge is 2.26. The van der Waals surface area contributed by atoms with E-state index < -0.39 is 14.2 Å². The second-order valence-corrected chi connectivity index (χ2v) is 15.1. The Kier molecular flexibility index (Phi) is 7.27. The lowest BCUT2D eigenvalue weighted by Crippen LogP contribution is -2.45. The zero-order chi connectivity index (χ0) is 22.6. The number of hydrogen-bond donors (Lipinski definition) is 2. The Hall–Kier alpha value is -2.52. The van der Waals surface area contributed by atoms with Gasteiger partial charge in [-0.3, -0.25) is 0 Å². The molecule has 1 aliphatic rings. The number of ether oxygens (including phenoxy) is 1. The molecule has 1 aromatic heterocycles. The number of amides is 1. The predicted molar refractivity (Wildman–Crippen MR) is 127 cm³/mol. The van der Waals surface area contributed by atoms with E-state index in [9.17, 15) is 9.90 Å². The molecule has 1 saturated heterocycles. The summed E-state index contributed by atoms with van der Waals surface area (Å²) in [5.74, 6) is 0. The van der Waals surface area contributed by atoms with Crippen LogP contribution < -0.4 is 10.6 Å². The van der Waals surface area contributed by atoms with Crippen molar-refractivity contribution in [2.75, 3.05) is 37.4 Å². The summed E-state index contributed by atoms with van der Waals surface area (Å²) in [6.45, 7) is 9.83. The zero-order valence-electron chi connectivity index (χ0n) is 19.0. The Morgan fingerprint density at radius 3 is 2.61 bits per heavy atom. The summed E-state index contributed by atoms with van der Waals surface area (Å²) >= 11 is 0. The maximum absolute atomic E-state index is 11.2. The molecule has 0 spiro atoms. The van der Waals surface area contributed by atoms with Gasteiger partial charge >= 0.3 is 6.09 Å². The van der Waals surface area contributed by atoms with Gasteiger partial charge in [-0.05, 0) is 36.6 Å². The predicted octanol–water partition coefficient (Wildman–Crippen LogP) is 4.02. The maximum atomic E-state index is 11.2. The lowest BCUT2D eigenvalue weighted by atomic mass is 10.0. The highest BCUT2D eigenvalue weighted by molar-refractivity contribution is 6.76. The first-order valence-electron chi connectivity index (χ1n) is 10.8. The normalized spacial score (nSPS) is 15.3. The van der Waals surface area contributed by atoms with Crippen LogP contribution >= 0.6 is 0 Å². The van der Waals surface area contributed by atoms with Gasteiger partial charge in [-0.15, -0.1) is 0 Å². The molecule has 31 heavy (non-hydrogen) atoms. The molecule has 1 aliphatic heterocycles. The van der Waals surface area contributed by atoms with Gasteiger partial charge in [-0.1, -0.05) is 25.7 Å². The summed E-state index contributed by atoms with van der Waals surface area (Å²) in [5.41, 5.74) is 10.1. The van der Waals surface area contributed by atoms with Crippen molar-refractivity contribution in [2.45, 2.75) is 51.3 Å². The topological polar surface area (TPSA) is 96.9 Å². The monoisotopic (exact) mass is 445 g/mol. The van der Waals surface area contributed by atoms with E-state index in [0.29, 0.717) is 6.73 Å². The molecule has 3 N–H and O–H groups in total. The zero-order valence-corrected chi connectivity index (χ0v) is 20.0. The summed E-state index contributed by atoms with van der Waals surface area (Å²) in [5, 5.41) is 13.6. The average molecular weight is 446 g/mol. The van der Waals surface area contributed by atoms with Crippen molar-refractivity contribution < 1.29 is 14.6 Å². The molecular formula is C22H35N5O3Si. The molecular weight excluding hydrogens is 410 g/mol. The summed E-state index contributed by atoms with van der Waals surface area (Å²) < 4.78 is 7.58. The number of piperidine rings is 1. The molecule has 0 aliphatic carbocycles. The Bertz CT molecular complexity index is 888. The van der Waals surface area contributed by atoms with E-state index in [1.54, 1.807) is 7.05 Å². The molecule has 2 heterocycles. The molecule has 170 valence electrons. The van der Waals surface area contributed by atoms with E-state index >= 15 is 0 Å². The molecule has 0 saturated carbocycles. The van der Waals surface area contributed by atoms with Crippen molar-refractivity contribution in [1.82, 2.24) is 14.7 Å². The SMILES string of the molecule is CN(C(=O)O)C1CCN(c2ccc(-c3cnn(COCC[Si](C)(C)C)c3)cc2N)CC1. The van der Waals surface area contributed by atoms with Gasteiger partial charge in [-0.2, -0.15) is 5.10 Å². The molecule has 8 nitrogen and oxygen atoms in total. The first-order valence-corrected chi connectivity index (χ1v) is 14.6. The van der Waals surface area contributed by atoms with Crippen LogP contribution in [0.1, 0.15) is 12.8 Å². The van der Waals surface area contributed by atoms with Gasteiger partial charge in [0.1, 0.15) is 6.73 Å². The van der Waals surface area contributed by atoms with Gasteiger partial charge in [0.15, 0.2) is 0 Å². The van der Waals surface area contributed by atoms with Gasteiger partial charge in [0.2, 0.25) is 0 Å². The maximum Gasteiger partial charge on any atom is 0.407 e. The van der Waals surface area contributed by atoms with Crippen LogP contribution in [0.2, 0.25) is 25.7 Å². The number of carboxylic acid groups (broad SMARTS) is 1. The minimum atomic E-state index is -1.08. The third-order valence-corrected chi connectivity index (χ3v) is 7.57. The number of carbonyl (C=O) groups is 1. The number of nitrogen functional groups attached to an aromatic ring is 1. The Morgan fingerprint density at radius 1 is 1.29 bits per heavy atom. The summed E-state index contributed by atoms with van der Waals surface area (Å²) in [6.07, 6.45) is 4.55. The highest BCUT2D eigenvalue weighted by Crippen LogP contribution is 2.31. The minimum Gasteiger partial charge on any atom is -0.465 e. The molecule has 0 atom stereocenters. The average Bonchev–Trinajstić information content (AvgIpc) is 3.19. The third kappa shape index (κ3) is 6.24. The largest absolute Gasteiger partial charge is 0.465 e. The van der Waals surface area contributed by atoms with Crippen LogP contribution in [0.25, 0.3) is 11.1 Å². The van der Waals surface area contributed by atoms with Crippen LogP contribution in [0.5, 0.6) is 0 Å². The van der Waals surface area contributed by atoms with Crippen molar-refractivity contribution in [2.24, 2.45) is 0 Å². The standard InChI is InChI=1S/C22H35N5O3Si/c1-25(22(28)29)19-7-9-26(10-8-19)21-6-5-17(13-20(21)23)18-14-24-27(15-18)16-30-11-12-31(2,3)4/h5-6,13-15,19H,7-12,16,23H2,1-4H3,(H,28,29).